The maximum absolute atomic E-state index is 11.7. The number of nitrogens with zero attached hydrogens (tertiary/aromatic N) is 2. The highest BCUT2D eigenvalue weighted by molar-refractivity contribution is 7.90. The van der Waals surface area contributed by atoms with E-state index in [-0.39, 0.29) is 24.7 Å². The third-order valence-corrected chi connectivity index (χ3v) is 3.77. The highest BCUT2D eigenvalue weighted by Gasteiger charge is 2.21. The van der Waals surface area contributed by atoms with Crippen molar-refractivity contribution in [3.05, 3.63) is 0 Å². The minimum atomic E-state index is -3.07. The lowest BCUT2D eigenvalue weighted by Crippen LogP contribution is -2.49. The van der Waals surface area contributed by atoms with Crippen LogP contribution in [-0.4, -0.2) is 80.6 Å². The smallest absolute Gasteiger partial charge is 0.223 e. The molecule has 1 N–H and O–H groups in total. The van der Waals surface area contributed by atoms with Crippen LogP contribution < -0.4 is 0 Å². The number of rotatable bonds is 5. The van der Waals surface area contributed by atoms with E-state index in [2.05, 4.69) is 4.90 Å². The third-order valence-electron chi connectivity index (χ3n) is 2.83. The van der Waals surface area contributed by atoms with Crippen LogP contribution in [0.15, 0.2) is 0 Å². The molecule has 1 saturated heterocycles. The van der Waals surface area contributed by atoms with Crippen molar-refractivity contribution in [2.24, 2.45) is 0 Å². The van der Waals surface area contributed by atoms with Crippen molar-refractivity contribution < 1.29 is 18.3 Å². The Morgan fingerprint density at radius 3 is 2.29 bits per heavy atom. The normalized spacial score (nSPS) is 18.4. The average molecular weight is 264 g/mol. The van der Waals surface area contributed by atoms with Gasteiger partial charge in [0.2, 0.25) is 5.91 Å². The number of hydrogen-bond acceptors (Lipinski definition) is 5. The van der Waals surface area contributed by atoms with Gasteiger partial charge < -0.3 is 10.0 Å². The second-order valence-electron chi connectivity index (χ2n) is 4.33. The van der Waals surface area contributed by atoms with Crippen LogP contribution in [0.1, 0.15) is 6.42 Å². The van der Waals surface area contributed by atoms with E-state index in [9.17, 15) is 13.2 Å². The maximum Gasteiger partial charge on any atom is 0.223 e. The molecule has 0 aromatic carbocycles. The van der Waals surface area contributed by atoms with Gasteiger partial charge in [0.15, 0.2) is 0 Å². The van der Waals surface area contributed by atoms with Crippen LogP contribution in [0.4, 0.5) is 0 Å². The van der Waals surface area contributed by atoms with Crippen LogP contribution in [0.2, 0.25) is 0 Å². The van der Waals surface area contributed by atoms with Crippen molar-refractivity contribution in [1.82, 2.24) is 9.80 Å². The molecule has 1 aliphatic rings. The molecule has 17 heavy (non-hydrogen) atoms. The minimum absolute atomic E-state index is 0.0683. The van der Waals surface area contributed by atoms with Gasteiger partial charge in [-0.1, -0.05) is 0 Å². The number of sulfone groups is 1. The van der Waals surface area contributed by atoms with Gasteiger partial charge in [0.1, 0.15) is 9.84 Å². The summed E-state index contributed by atoms with van der Waals surface area (Å²) in [6.45, 7) is 3.47. The molecule has 1 fully saturated rings. The predicted molar refractivity (Wildman–Crippen MR) is 64.4 cm³/mol. The standard InChI is InChI=1S/C10H20N2O4S/c1-17(15,16)9-2-10(14)12-5-3-11(4-6-12)7-8-13/h13H,2-9H2,1H3. The van der Waals surface area contributed by atoms with Crippen molar-refractivity contribution in [1.29, 1.82) is 0 Å². The van der Waals surface area contributed by atoms with E-state index in [1.807, 2.05) is 0 Å². The van der Waals surface area contributed by atoms with Crippen molar-refractivity contribution in [3.8, 4) is 0 Å². The van der Waals surface area contributed by atoms with E-state index in [4.69, 9.17) is 5.11 Å². The molecular weight excluding hydrogens is 244 g/mol. The molecule has 0 bridgehead atoms. The number of carbonyl (C=O) groups is 1. The van der Waals surface area contributed by atoms with Crippen LogP contribution in [0.5, 0.6) is 0 Å². The van der Waals surface area contributed by atoms with E-state index in [0.717, 1.165) is 19.3 Å². The fraction of sp³-hybridized carbons (Fsp3) is 0.900. The summed E-state index contributed by atoms with van der Waals surface area (Å²) in [6, 6.07) is 0. The van der Waals surface area contributed by atoms with Crippen LogP contribution in [0, 0.1) is 0 Å². The van der Waals surface area contributed by atoms with Crippen LogP contribution in [-0.2, 0) is 14.6 Å². The Labute approximate surface area is 102 Å². The molecule has 0 aromatic heterocycles. The number of aliphatic hydroxyl groups excluding tert-OH is 1. The Morgan fingerprint density at radius 1 is 1.24 bits per heavy atom. The summed E-state index contributed by atoms with van der Waals surface area (Å²) >= 11 is 0. The third kappa shape index (κ3) is 5.47. The molecule has 0 spiro atoms. The fourth-order valence-electron chi connectivity index (χ4n) is 1.79. The molecule has 1 aliphatic heterocycles. The molecule has 6 nitrogen and oxygen atoms in total. The summed E-state index contributed by atoms with van der Waals surface area (Å²) in [5.74, 6) is -0.179. The Morgan fingerprint density at radius 2 is 1.82 bits per heavy atom. The molecule has 0 aromatic rings. The summed E-state index contributed by atoms with van der Waals surface area (Å²) < 4.78 is 21.9. The van der Waals surface area contributed by atoms with Gasteiger partial charge in [-0.15, -0.1) is 0 Å². The molecule has 100 valence electrons. The first-order valence-corrected chi connectivity index (χ1v) is 7.77. The zero-order chi connectivity index (χ0) is 12.9. The summed E-state index contributed by atoms with van der Waals surface area (Å²) in [5, 5.41) is 8.78. The first-order chi connectivity index (χ1) is 7.92. The molecule has 1 rings (SSSR count). The molecule has 0 atom stereocenters. The number of carbonyl (C=O) groups excluding carboxylic acids is 1. The number of hydrogen-bond donors (Lipinski definition) is 1. The Hall–Kier alpha value is -0.660. The zero-order valence-corrected chi connectivity index (χ0v) is 10.9. The van der Waals surface area contributed by atoms with E-state index >= 15 is 0 Å². The highest BCUT2D eigenvalue weighted by Crippen LogP contribution is 2.04. The lowest BCUT2D eigenvalue weighted by molar-refractivity contribution is -0.132. The van der Waals surface area contributed by atoms with E-state index in [1.165, 1.54) is 0 Å². The van der Waals surface area contributed by atoms with Crippen molar-refractivity contribution in [3.63, 3.8) is 0 Å². The number of amides is 1. The average Bonchev–Trinajstić information content (AvgIpc) is 2.26. The molecule has 0 radical (unpaired) electrons. The number of aliphatic hydroxyl groups is 1. The topological polar surface area (TPSA) is 77.9 Å². The fourth-order valence-corrected chi connectivity index (χ4v) is 2.34. The van der Waals surface area contributed by atoms with Crippen molar-refractivity contribution >= 4 is 15.7 Å². The minimum Gasteiger partial charge on any atom is -0.395 e. The Bertz CT molecular complexity index is 347. The lowest BCUT2D eigenvalue weighted by atomic mass is 10.3. The highest BCUT2D eigenvalue weighted by atomic mass is 32.2. The molecule has 7 heteroatoms. The van der Waals surface area contributed by atoms with Crippen molar-refractivity contribution in [2.75, 3.05) is 51.3 Å². The molecular formula is C10H20N2O4S. The first kappa shape index (κ1) is 14.4. The number of piperazine rings is 1. The monoisotopic (exact) mass is 264 g/mol. The summed E-state index contributed by atoms with van der Waals surface area (Å²) in [4.78, 5) is 15.5. The van der Waals surface area contributed by atoms with Gasteiger partial charge >= 0.3 is 0 Å². The quantitative estimate of drug-likeness (QED) is 0.658. The molecule has 0 aliphatic carbocycles. The molecule has 1 heterocycles. The Kier molecular flexibility index (Phi) is 5.35. The van der Waals surface area contributed by atoms with Gasteiger partial charge in [0, 0.05) is 45.4 Å². The molecule has 0 saturated carbocycles. The SMILES string of the molecule is CS(=O)(=O)CCC(=O)N1CCN(CCO)CC1. The largest absolute Gasteiger partial charge is 0.395 e. The van der Waals surface area contributed by atoms with Gasteiger partial charge in [-0.2, -0.15) is 0 Å². The van der Waals surface area contributed by atoms with Crippen LogP contribution in [0.25, 0.3) is 0 Å². The van der Waals surface area contributed by atoms with Gasteiger partial charge in [0.25, 0.3) is 0 Å². The first-order valence-electron chi connectivity index (χ1n) is 5.71. The van der Waals surface area contributed by atoms with Gasteiger partial charge in [-0.25, -0.2) is 8.42 Å². The summed E-state index contributed by atoms with van der Waals surface area (Å²) in [6.07, 6.45) is 1.21. The van der Waals surface area contributed by atoms with E-state index in [1.54, 1.807) is 4.90 Å². The van der Waals surface area contributed by atoms with E-state index in [0.29, 0.717) is 19.6 Å². The van der Waals surface area contributed by atoms with Gasteiger partial charge in [-0.3, -0.25) is 9.69 Å². The van der Waals surface area contributed by atoms with Crippen LogP contribution >= 0.6 is 0 Å². The van der Waals surface area contributed by atoms with Gasteiger partial charge in [0.05, 0.1) is 12.4 Å². The predicted octanol–water partition coefficient (Wildman–Crippen LogP) is -1.44. The van der Waals surface area contributed by atoms with Crippen LogP contribution in [0.3, 0.4) is 0 Å². The van der Waals surface area contributed by atoms with E-state index < -0.39 is 9.84 Å². The summed E-state index contributed by atoms with van der Waals surface area (Å²) in [7, 11) is -3.07. The Balaban J connectivity index is 2.31. The second kappa shape index (κ2) is 6.32. The lowest BCUT2D eigenvalue weighted by Gasteiger charge is -2.34. The zero-order valence-electron chi connectivity index (χ0n) is 10.1. The maximum atomic E-state index is 11.7. The second-order valence-corrected chi connectivity index (χ2v) is 6.59. The number of β-amino-alcohol motifs (C(OH)–C–C–N with tert-alkyl or cyclic N) is 1. The van der Waals surface area contributed by atoms with Gasteiger partial charge in [-0.05, 0) is 0 Å². The summed E-state index contributed by atoms with van der Waals surface area (Å²) in [5.41, 5.74) is 0. The molecule has 1 amide bonds. The van der Waals surface area contributed by atoms with Crippen molar-refractivity contribution in [2.45, 2.75) is 6.42 Å². The molecule has 0 unspecified atom stereocenters.